The number of H-pyrrole nitrogens is 2. The molecule has 0 saturated carbocycles. The Hall–Kier alpha value is -3.61. The number of unbranched alkanes of at least 4 members (excludes halogenated alkanes) is 2. The Labute approximate surface area is 173 Å². The molecule has 2 N–H and O–H groups in total. The molecular formula is C23H24N4O3. The summed E-state index contributed by atoms with van der Waals surface area (Å²) in [6.07, 6.45) is 4.81. The second kappa shape index (κ2) is 8.41. The quantitative estimate of drug-likeness (QED) is 0.361. The van der Waals surface area contributed by atoms with Gasteiger partial charge in [-0.15, -0.1) is 4.68 Å². The summed E-state index contributed by atoms with van der Waals surface area (Å²) in [5, 5.41) is 4.91. The van der Waals surface area contributed by atoms with E-state index in [1.165, 1.54) is 6.21 Å². The van der Waals surface area contributed by atoms with E-state index in [0.29, 0.717) is 17.6 Å². The van der Waals surface area contributed by atoms with Crippen molar-refractivity contribution in [3.8, 4) is 5.75 Å². The Morgan fingerprint density at radius 1 is 1.03 bits per heavy atom. The number of nitrogens with zero attached hydrogens (tertiary/aromatic N) is 2. The number of benzene rings is 2. The number of fused-ring (bicyclic) bond motifs is 3. The fraction of sp³-hybridized carbons (Fsp3) is 0.261. The third-order valence-electron chi connectivity index (χ3n) is 5.00. The number of hydrogen-bond acceptors (Lipinski definition) is 4. The molecule has 0 saturated heterocycles. The third kappa shape index (κ3) is 3.91. The van der Waals surface area contributed by atoms with Crippen molar-refractivity contribution in [2.75, 3.05) is 6.61 Å². The number of aromatic nitrogens is 3. The molecule has 0 bridgehead atoms. The van der Waals surface area contributed by atoms with Crippen LogP contribution in [0.5, 0.6) is 5.75 Å². The minimum absolute atomic E-state index is 0.322. The molecule has 0 spiro atoms. The average molecular weight is 404 g/mol. The predicted octanol–water partition coefficient (Wildman–Crippen LogP) is 3.93. The molecule has 2 heterocycles. The lowest BCUT2D eigenvalue weighted by molar-refractivity contribution is 0.306. The van der Waals surface area contributed by atoms with E-state index in [4.69, 9.17) is 4.74 Å². The summed E-state index contributed by atoms with van der Waals surface area (Å²) >= 11 is 0. The van der Waals surface area contributed by atoms with E-state index in [0.717, 1.165) is 51.7 Å². The van der Waals surface area contributed by atoms with Gasteiger partial charge in [0.05, 0.1) is 18.3 Å². The standard InChI is InChI=1S/C23H24N4O3/c1-3-4-5-12-30-17-9-7-16(8-10-17)14-24-27-22(28)21-20(26-23(27)29)18-13-15(2)6-11-19(18)25-21/h6-11,13-14,25H,3-5,12H2,1-2H3,(H,26,29)/b24-14+. The lowest BCUT2D eigenvalue weighted by Crippen LogP contribution is -2.32. The first-order valence-corrected chi connectivity index (χ1v) is 10.1. The van der Waals surface area contributed by atoms with Crippen LogP contribution in [0.25, 0.3) is 21.9 Å². The number of hydrogen-bond donors (Lipinski definition) is 2. The Kier molecular flexibility index (Phi) is 5.52. The molecule has 0 aliphatic carbocycles. The van der Waals surface area contributed by atoms with Crippen LogP contribution in [0.15, 0.2) is 57.2 Å². The minimum atomic E-state index is -0.581. The van der Waals surface area contributed by atoms with Crippen molar-refractivity contribution >= 4 is 28.2 Å². The fourth-order valence-corrected chi connectivity index (χ4v) is 3.38. The predicted molar refractivity (Wildman–Crippen MR) is 120 cm³/mol. The van der Waals surface area contributed by atoms with E-state index in [1.54, 1.807) is 0 Å². The zero-order valence-electron chi connectivity index (χ0n) is 17.1. The van der Waals surface area contributed by atoms with E-state index in [1.807, 2.05) is 49.4 Å². The highest BCUT2D eigenvalue weighted by Gasteiger charge is 2.12. The van der Waals surface area contributed by atoms with Gasteiger partial charge in [0.25, 0.3) is 0 Å². The van der Waals surface area contributed by atoms with Gasteiger partial charge in [0.2, 0.25) is 0 Å². The van der Waals surface area contributed by atoms with Crippen LogP contribution in [0, 0.1) is 6.92 Å². The van der Waals surface area contributed by atoms with Gasteiger partial charge in [-0.25, -0.2) is 4.79 Å². The second-order valence-electron chi connectivity index (χ2n) is 7.34. The highest BCUT2D eigenvalue weighted by atomic mass is 16.5. The topological polar surface area (TPSA) is 92.2 Å². The first kappa shape index (κ1) is 19.7. The molecule has 0 unspecified atom stereocenters. The number of aryl methyl sites for hydroxylation is 1. The first-order chi connectivity index (χ1) is 14.6. The highest BCUT2D eigenvalue weighted by Crippen LogP contribution is 2.21. The van der Waals surface area contributed by atoms with Crippen molar-refractivity contribution in [2.24, 2.45) is 5.10 Å². The molecule has 0 amide bonds. The van der Waals surface area contributed by atoms with E-state index in [2.05, 4.69) is 22.0 Å². The van der Waals surface area contributed by atoms with Gasteiger partial charge in [-0.2, -0.15) is 5.10 Å². The smallest absolute Gasteiger partial charge is 0.350 e. The zero-order chi connectivity index (χ0) is 21.1. The van der Waals surface area contributed by atoms with Gasteiger partial charge in [-0.05, 0) is 55.3 Å². The van der Waals surface area contributed by atoms with E-state index < -0.39 is 11.2 Å². The number of rotatable bonds is 7. The van der Waals surface area contributed by atoms with E-state index >= 15 is 0 Å². The first-order valence-electron chi connectivity index (χ1n) is 10.1. The SMILES string of the molecule is CCCCCOc1ccc(/C=N/n2c(=O)[nH]c3c([nH]c4ccc(C)cc43)c2=O)cc1. The van der Waals surface area contributed by atoms with Crippen molar-refractivity contribution in [1.29, 1.82) is 0 Å². The average Bonchev–Trinajstić information content (AvgIpc) is 3.10. The van der Waals surface area contributed by atoms with Crippen LogP contribution in [0.2, 0.25) is 0 Å². The maximum absolute atomic E-state index is 12.8. The summed E-state index contributed by atoms with van der Waals surface area (Å²) in [5.74, 6) is 0.785. The molecule has 2 aromatic heterocycles. The molecule has 4 rings (SSSR count). The zero-order valence-corrected chi connectivity index (χ0v) is 17.1. The van der Waals surface area contributed by atoms with Gasteiger partial charge in [-0.3, -0.25) is 4.79 Å². The third-order valence-corrected chi connectivity index (χ3v) is 5.00. The molecule has 30 heavy (non-hydrogen) atoms. The van der Waals surface area contributed by atoms with Crippen LogP contribution in [0.3, 0.4) is 0 Å². The van der Waals surface area contributed by atoms with Crippen LogP contribution in [-0.2, 0) is 0 Å². The summed E-state index contributed by atoms with van der Waals surface area (Å²) < 4.78 is 6.52. The molecule has 0 radical (unpaired) electrons. The Bertz CT molecular complexity index is 1330. The normalized spacial score (nSPS) is 11.7. The largest absolute Gasteiger partial charge is 0.494 e. The summed E-state index contributed by atoms with van der Waals surface area (Å²) in [6.45, 7) is 4.81. The van der Waals surface area contributed by atoms with Crippen molar-refractivity contribution in [3.63, 3.8) is 0 Å². The summed E-state index contributed by atoms with van der Waals surface area (Å²) in [6, 6.07) is 13.1. The Morgan fingerprint density at radius 3 is 2.60 bits per heavy atom. The molecule has 7 heteroatoms. The van der Waals surface area contributed by atoms with Crippen LogP contribution in [0.1, 0.15) is 37.3 Å². The Balaban J connectivity index is 1.60. The summed E-state index contributed by atoms with van der Waals surface area (Å²) in [4.78, 5) is 31.2. The molecule has 0 aliphatic rings. The summed E-state index contributed by atoms with van der Waals surface area (Å²) in [5.41, 5.74) is 2.35. The monoisotopic (exact) mass is 404 g/mol. The van der Waals surface area contributed by atoms with E-state index in [-0.39, 0.29) is 0 Å². The maximum Gasteiger partial charge on any atom is 0.350 e. The molecule has 4 aromatic rings. The van der Waals surface area contributed by atoms with Crippen molar-refractivity contribution in [1.82, 2.24) is 14.6 Å². The molecule has 0 fully saturated rings. The Morgan fingerprint density at radius 2 is 1.83 bits per heavy atom. The molecule has 0 aliphatic heterocycles. The second-order valence-corrected chi connectivity index (χ2v) is 7.34. The van der Waals surface area contributed by atoms with Gasteiger partial charge in [0, 0.05) is 10.9 Å². The minimum Gasteiger partial charge on any atom is -0.494 e. The molecule has 2 aromatic carbocycles. The van der Waals surface area contributed by atoms with Crippen LogP contribution in [0.4, 0.5) is 0 Å². The fourth-order valence-electron chi connectivity index (χ4n) is 3.38. The van der Waals surface area contributed by atoms with Crippen LogP contribution < -0.4 is 16.0 Å². The van der Waals surface area contributed by atoms with Crippen molar-refractivity contribution in [2.45, 2.75) is 33.1 Å². The van der Waals surface area contributed by atoms with Crippen LogP contribution >= 0.6 is 0 Å². The summed E-state index contributed by atoms with van der Waals surface area (Å²) in [7, 11) is 0. The van der Waals surface area contributed by atoms with Gasteiger partial charge < -0.3 is 14.7 Å². The van der Waals surface area contributed by atoms with Crippen molar-refractivity contribution in [3.05, 3.63) is 74.4 Å². The molecular weight excluding hydrogens is 380 g/mol. The van der Waals surface area contributed by atoms with E-state index in [9.17, 15) is 9.59 Å². The number of nitrogens with one attached hydrogen (secondary N) is 2. The van der Waals surface area contributed by atoms with Gasteiger partial charge in [-0.1, -0.05) is 31.4 Å². The molecule has 0 atom stereocenters. The lowest BCUT2D eigenvalue weighted by atomic mass is 10.2. The molecule has 7 nitrogen and oxygen atoms in total. The van der Waals surface area contributed by atoms with Crippen LogP contribution in [-0.4, -0.2) is 27.5 Å². The lowest BCUT2D eigenvalue weighted by Gasteiger charge is -2.05. The van der Waals surface area contributed by atoms with Gasteiger partial charge in [0.15, 0.2) is 0 Å². The number of ether oxygens (including phenoxy) is 1. The molecule has 154 valence electrons. The number of aromatic amines is 2. The van der Waals surface area contributed by atoms with Crippen molar-refractivity contribution < 1.29 is 4.74 Å². The van der Waals surface area contributed by atoms with Gasteiger partial charge >= 0.3 is 11.2 Å². The highest BCUT2D eigenvalue weighted by molar-refractivity contribution is 6.04. The maximum atomic E-state index is 12.8. The van der Waals surface area contributed by atoms with Gasteiger partial charge in [0.1, 0.15) is 11.3 Å².